The zero-order chi connectivity index (χ0) is 23.1. The van der Waals surface area contributed by atoms with Crippen LogP contribution in [0.4, 0.5) is 5.82 Å². The Labute approximate surface area is 199 Å². The summed E-state index contributed by atoms with van der Waals surface area (Å²) in [5, 5.41) is 20.4. The Morgan fingerprint density at radius 3 is 2.64 bits per heavy atom. The second kappa shape index (κ2) is 9.03. The van der Waals surface area contributed by atoms with Crippen molar-refractivity contribution in [3.05, 3.63) is 64.1 Å². The summed E-state index contributed by atoms with van der Waals surface area (Å²) in [6.45, 7) is 8.93. The van der Waals surface area contributed by atoms with Crippen LogP contribution in [0.1, 0.15) is 86.4 Å². The van der Waals surface area contributed by atoms with E-state index in [-0.39, 0.29) is 11.8 Å². The molecule has 3 atom stereocenters. The van der Waals surface area contributed by atoms with Crippen molar-refractivity contribution in [3.63, 3.8) is 0 Å². The number of halogens is 1. The number of fused-ring (bicyclic) bond motifs is 2. The predicted molar refractivity (Wildman–Crippen MR) is 128 cm³/mol. The van der Waals surface area contributed by atoms with Gasteiger partial charge >= 0.3 is 0 Å². The molecule has 5 rings (SSSR count). The first-order valence-electron chi connectivity index (χ1n) is 11.9. The van der Waals surface area contributed by atoms with E-state index in [2.05, 4.69) is 62.5 Å². The summed E-state index contributed by atoms with van der Waals surface area (Å²) in [5.74, 6) is 3.97. The van der Waals surface area contributed by atoms with E-state index in [1.54, 1.807) is 6.33 Å². The lowest BCUT2D eigenvalue weighted by molar-refractivity contribution is 0.170. The van der Waals surface area contributed by atoms with Gasteiger partial charge in [-0.05, 0) is 48.8 Å². The van der Waals surface area contributed by atoms with Crippen LogP contribution >= 0.6 is 11.6 Å². The van der Waals surface area contributed by atoms with E-state index in [4.69, 9.17) is 11.6 Å². The minimum atomic E-state index is -0.502. The average molecular weight is 467 g/mol. The van der Waals surface area contributed by atoms with Crippen molar-refractivity contribution in [2.75, 3.05) is 11.4 Å². The van der Waals surface area contributed by atoms with Crippen LogP contribution in [0.3, 0.4) is 0 Å². The number of aromatic nitrogens is 5. The third kappa shape index (κ3) is 4.24. The Hall–Kier alpha value is -2.51. The topological polar surface area (TPSA) is 80.0 Å². The molecule has 0 amide bonds. The Kier molecular flexibility index (Phi) is 6.10. The maximum atomic E-state index is 10.4. The fraction of sp³-hybridized carbons (Fsp3) is 0.520. The van der Waals surface area contributed by atoms with Crippen LogP contribution in [0.25, 0.3) is 0 Å². The summed E-state index contributed by atoms with van der Waals surface area (Å²) in [4.78, 5) is 11.2. The third-order valence-electron chi connectivity index (χ3n) is 6.98. The molecule has 0 spiro atoms. The first-order valence-corrected chi connectivity index (χ1v) is 12.3. The molecule has 2 aliphatic rings. The van der Waals surface area contributed by atoms with Gasteiger partial charge in [-0.2, -0.15) is 0 Å². The lowest BCUT2D eigenvalue weighted by Gasteiger charge is -2.31. The van der Waals surface area contributed by atoms with Gasteiger partial charge < -0.3 is 14.6 Å². The summed E-state index contributed by atoms with van der Waals surface area (Å²) in [6.07, 6.45) is 3.92. The summed E-state index contributed by atoms with van der Waals surface area (Å²) >= 11 is 6.15. The molecule has 174 valence electrons. The fourth-order valence-electron chi connectivity index (χ4n) is 5.21. The monoisotopic (exact) mass is 466 g/mol. The third-order valence-corrected chi connectivity index (χ3v) is 7.23. The molecule has 0 saturated carbocycles. The van der Waals surface area contributed by atoms with Gasteiger partial charge in [-0.3, -0.25) is 0 Å². The lowest BCUT2D eigenvalue weighted by Crippen LogP contribution is -2.36. The van der Waals surface area contributed by atoms with Gasteiger partial charge in [0.1, 0.15) is 18.0 Å². The van der Waals surface area contributed by atoms with Crippen molar-refractivity contribution in [1.82, 2.24) is 24.7 Å². The van der Waals surface area contributed by atoms with Gasteiger partial charge in [0.15, 0.2) is 5.82 Å². The minimum absolute atomic E-state index is 0.191. The lowest BCUT2D eigenvalue weighted by atomic mass is 9.90. The minimum Gasteiger partial charge on any atom is -0.387 e. The van der Waals surface area contributed by atoms with Gasteiger partial charge in [-0.1, -0.05) is 44.5 Å². The van der Waals surface area contributed by atoms with Crippen molar-refractivity contribution in [2.45, 2.75) is 71.1 Å². The molecule has 1 N–H and O–H groups in total. The Balaban J connectivity index is 1.44. The summed E-state index contributed by atoms with van der Waals surface area (Å²) in [5.41, 5.74) is 3.08. The highest BCUT2D eigenvalue weighted by molar-refractivity contribution is 6.30. The molecule has 7 nitrogen and oxygen atoms in total. The van der Waals surface area contributed by atoms with Crippen molar-refractivity contribution in [2.24, 2.45) is 5.92 Å². The maximum Gasteiger partial charge on any atom is 0.152 e. The van der Waals surface area contributed by atoms with Crippen LogP contribution in [0.2, 0.25) is 5.02 Å². The number of nitrogens with zero attached hydrogens (tertiary/aromatic N) is 6. The molecule has 3 heterocycles. The van der Waals surface area contributed by atoms with Crippen LogP contribution in [-0.2, 0) is 13.1 Å². The molecule has 1 aliphatic heterocycles. The van der Waals surface area contributed by atoms with E-state index >= 15 is 0 Å². The summed E-state index contributed by atoms with van der Waals surface area (Å²) in [6, 6.07) is 8.14. The second-order valence-corrected chi connectivity index (χ2v) is 10.2. The molecule has 0 bridgehead atoms. The number of aliphatic hydroxyl groups excluding tert-OH is 1. The number of rotatable bonds is 6. The summed E-state index contributed by atoms with van der Waals surface area (Å²) < 4.78 is 2.29. The van der Waals surface area contributed by atoms with Crippen LogP contribution in [0, 0.1) is 5.92 Å². The number of aliphatic hydroxyl groups is 1. The van der Waals surface area contributed by atoms with E-state index in [0.29, 0.717) is 18.9 Å². The number of hydrogen-bond acceptors (Lipinski definition) is 6. The molecule has 2 aromatic heterocycles. The zero-order valence-corrected chi connectivity index (χ0v) is 20.2. The van der Waals surface area contributed by atoms with E-state index < -0.39 is 6.10 Å². The van der Waals surface area contributed by atoms with Crippen LogP contribution in [0.15, 0.2) is 30.6 Å². The van der Waals surface area contributed by atoms with Crippen LogP contribution in [0.5, 0.6) is 0 Å². The smallest absolute Gasteiger partial charge is 0.152 e. The van der Waals surface area contributed by atoms with Crippen LogP contribution < -0.4 is 4.90 Å². The molecule has 0 fully saturated rings. The molecular formula is C25H31ClN6O. The summed E-state index contributed by atoms with van der Waals surface area (Å²) in [7, 11) is 0. The van der Waals surface area contributed by atoms with Gasteiger partial charge in [0.05, 0.1) is 18.3 Å². The van der Waals surface area contributed by atoms with Crippen LogP contribution in [-0.4, -0.2) is 36.4 Å². The van der Waals surface area contributed by atoms with E-state index in [1.165, 1.54) is 5.56 Å². The molecule has 33 heavy (non-hydrogen) atoms. The van der Waals surface area contributed by atoms with E-state index in [0.717, 1.165) is 59.7 Å². The Morgan fingerprint density at radius 2 is 1.88 bits per heavy atom. The normalized spacial score (nSPS) is 20.7. The van der Waals surface area contributed by atoms with Crippen molar-refractivity contribution < 1.29 is 5.11 Å². The number of benzene rings is 1. The van der Waals surface area contributed by atoms with Gasteiger partial charge in [0.2, 0.25) is 0 Å². The van der Waals surface area contributed by atoms with Crippen molar-refractivity contribution >= 4 is 17.4 Å². The fourth-order valence-corrected chi connectivity index (χ4v) is 5.34. The van der Waals surface area contributed by atoms with Gasteiger partial charge in [0.25, 0.3) is 0 Å². The molecule has 0 saturated heterocycles. The molecule has 3 aromatic rings. The predicted octanol–water partition coefficient (Wildman–Crippen LogP) is 4.85. The molecular weight excluding hydrogens is 436 g/mol. The van der Waals surface area contributed by atoms with Gasteiger partial charge in [0, 0.05) is 29.6 Å². The first-order chi connectivity index (χ1) is 15.9. The largest absolute Gasteiger partial charge is 0.387 e. The van der Waals surface area contributed by atoms with Crippen molar-refractivity contribution in [1.29, 1.82) is 0 Å². The highest BCUT2D eigenvalue weighted by Gasteiger charge is 2.34. The number of anilines is 1. The molecule has 1 aliphatic carbocycles. The molecule has 2 unspecified atom stereocenters. The second-order valence-electron chi connectivity index (χ2n) is 9.77. The highest BCUT2D eigenvalue weighted by Crippen LogP contribution is 2.43. The van der Waals surface area contributed by atoms with Crippen molar-refractivity contribution in [3.8, 4) is 0 Å². The quantitative estimate of drug-likeness (QED) is 0.559. The van der Waals surface area contributed by atoms with E-state index in [9.17, 15) is 5.11 Å². The molecule has 0 radical (unpaired) electrons. The first kappa shape index (κ1) is 22.3. The van der Waals surface area contributed by atoms with Gasteiger partial charge in [-0.15, -0.1) is 10.2 Å². The van der Waals surface area contributed by atoms with Gasteiger partial charge in [-0.25, -0.2) is 9.97 Å². The Bertz CT molecular complexity index is 1130. The Morgan fingerprint density at radius 1 is 1.09 bits per heavy atom. The zero-order valence-electron chi connectivity index (χ0n) is 19.4. The molecule has 8 heteroatoms. The number of hydrogen-bond donors (Lipinski definition) is 1. The average Bonchev–Trinajstić information content (AvgIpc) is 3.35. The van der Waals surface area contributed by atoms with E-state index in [1.807, 2.05) is 12.1 Å². The standard InChI is InChI=1S/C25H31ClN6O/c1-15(2)4-9-19(17-5-7-18(26)8-6-17)24-30-29-21-13-31(10-11-32(21)24)25-22-16(3)12-20(33)23(22)27-14-28-25/h5-8,14-16,19-20,33H,4,9-13H2,1-3H3/t16-,19?,20?/m1/s1. The maximum absolute atomic E-state index is 10.4. The molecule has 1 aromatic carbocycles. The SMILES string of the molecule is CC(C)CCC(c1ccc(Cl)cc1)c1nnc2n1CCN(c1ncnc3c1[C@H](C)CC3O)C2. The highest BCUT2D eigenvalue weighted by atomic mass is 35.5.